The van der Waals surface area contributed by atoms with Gasteiger partial charge in [0, 0.05) is 12.1 Å². The van der Waals surface area contributed by atoms with Gasteiger partial charge >= 0.3 is 0 Å². The van der Waals surface area contributed by atoms with Crippen LogP contribution in [0.15, 0.2) is 12.1 Å². The van der Waals surface area contributed by atoms with Gasteiger partial charge in [-0.25, -0.2) is 13.2 Å². The highest BCUT2D eigenvalue weighted by Crippen LogP contribution is 2.22. The highest BCUT2D eigenvalue weighted by molar-refractivity contribution is 5.98. The second-order valence-electron chi connectivity index (χ2n) is 4.06. The molecule has 0 aliphatic rings. The minimum Gasteiger partial charge on any atom is -0.320 e. The molecular weight excluding hydrogens is 245 g/mol. The monoisotopic (exact) mass is 260 g/mol. The van der Waals surface area contributed by atoms with Crippen molar-refractivity contribution in [1.82, 2.24) is 0 Å². The van der Waals surface area contributed by atoms with Crippen LogP contribution in [0.2, 0.25) is 0 Å². The smallest absolute Gasteiger partial charge is 0.244 e. The van der Waals surface area contributed by atoms with E-state index in [1.807, 2.05) is 0 Å². The van der Waals surface area contributed by atoms with Gasteiger partial charge in [-0.1, -0.05) is 13.8 Å². The van der Waals surface area contributed by atoms with E-state index in [0.29, 0.717) is 25.0 Å². The van der Waals surface area contributed by atoms with E-state index in [1.165, 1.54) is 0 Å². The van der Waals surface area contributed by atoms with Crippen molar-refractivity contribution < 1.29 is 18.0 Å². The SMILES string of the molecule is CCC(N)(CC)C(=O)Nc1c(F)cc(F)cc1F. The van der Waals surface area contributed by atoms with Gasteiger partial charge in [0.2, 0.25) is 5.91 Å². The lowest BCUT2D eigenvalue weighted by atomic mass is 9.93. The van der Waals surface area contributed by atoms with E-state index in [1.54, 1.807) is 13.8 Å². The van der Waals surface area contributed by atoms with Crippen LogP contribution in [0.4, 0.5) is 18.9 Å². The van der Waals surface area contributed by atoms with E-state index >= 15 is 0 Å². The normalized spacial score (nSPS) is 11.4. The molecule has 0 unspecified atom stereocenters. The highest BCUT2D eigenvalue weighted by atomic mass is 19.1. The van der Waals surface area contributed by atoms with Gasteiger partial charge in [-0.05, 0) is 12.8 Å². The molecule has 0 spiro atoms. The Morgan fingerprint density at radius 2 is 1.67 bits per heavy atom. The Kier molecular flexibility index (Phi) is 4.34. The van der Waals surface area contributed by atoms with Gasteiger partial charge in [-0.15, -0.1) is 0 Å². The molecule has 0 bridgehead atoms. The van der Waals surface area contributed by atoms with Crippen LogP contribution in [0.25, 0.3) is 0 Å². The first-order valence-corrected chi connectivity index (χ1v) is 5.59. The zero-order chi connectivity index (χ0) is 13.9. The average molecular weight is 260 g/mol. The van der Waals surface area contributed by atoms with Gasteiger partial charge in [0.15, 0.2) is 11.6 Å². The third kappa shape index (κ3) is 2.81. The maximum Gasteiger partial charge on any atom is 0.244 e. The fraction of sp³-hybridized carbons (Fsp3) is 0.417. The van der Waals surface area contributed by atoms with Crippen LogP contribution in [-0.4, -0.2) is 11.4 Å². The quantitative estimate of drug-likeness (QED) is 0.874. The van der Waals surface area contributed by atoms with Crippen LogP contribution in [0, 0.1) is 17.5 Å². The topological polar surface area (TPSA) is 55.1 Å². The van der Waals surface area contributed by atoms with Gasteiger partial charge in [-0.2, -0.15) is 0 Å². The summed E-state index contributed by atoms with van der Waals surface area (Å²) in [6.07, 6.45) is 0.638. The average Bonchev–Trinajstić information content (AvgIpc) is 2.32. The second-order valence-corrected chi connectivity index (χ2v) is 4.06. The number of hydrogen-bond acceptors (Lipinski definition) is 2. The number of nitrogens with two attached hydrogens (primary N) is 1. The molecule has 18 heavy (non-hydrogen) atoms. The Labute approximate surface area is 103 Å². The number of benzene rings is 1. The number of nitrogens with one attached hydrogen (secondary N) is 1. The Morgan fingerprint density at radius 1 is 1.22 bits per heavy atom. The molecule has 1 aromatic rings. The van der Waals surface area contributed by atoms with Crippen LogP contribution in [0.3, 0.4) is 0 Å². The number of carbonyl (C=O) groups is 1. The molecule has 0 saturated carbocycles. The molecule has 0 aromatic heterocycles. The van der Waals surface area contributed by atoms with E-state index in [0.717, 1.165) is 0 Å². The first-order valence-electron chi connectivity index (χ1n) is 5.59. The van der Waals surface area contributed by atoms with E-state index in [2.05, 4.69) is 5.32 Å². The van der Waals surface area contributed by atoms with E-state index in [9.17, 15) is 18.0 Å². The molecule has 0 radical (unpaired) electrons. The van der Waals surface area contributed by atoms with Gasteiger partial charge in [0.25, 0.3) is 0 Å². The van der Waals surface area contributed by atoms with E-state index < -0.39 is 34.6 Å². The van der Waals surface area contributed by atoms with Crippen molar-refractivity contribution in [2.45, 2.75) is 32.2 Å². The van der Waals surface area contributed by atoms with Gasteiger partial charge in [0.05, 0.1) is 5.54 Å². The first-order chi connectivity index (χ1) is 8.34. The number of halogens is 3. The van der Waals surface area contributed by atoms with Crippen molar-refractivity contribution in [3.05, 3.63) is 29.6 Å². The molecule has 0 saturated heterocycles. The minimum absolute atomic E-state index is 0.319. The van der Waals surface area contributed by atoms with Gasteiger partial charge < -0.3 is 11.1 Å². The molecule has 0 atom stereocenters. The summed E-state index contributed by atoms with van der Waals surface area (Å²) in [4.78, 5) is 11.8. The lowest BCUT2D eigenvalue weighted by molar-refractivity contribution is -0.121. The molecule has 1 aromatic carbocycles. The predicted molar refractivity (Wildman–Crippen MR) is 62.4 cm³/mol. The van der Waals surface area contributed by atoms with Crippen LogP contribution in [-0.2, 0) is 4.79 Å². The van der Waals surface area contributed by atoms with Crippen molar-refractivity contribution in [1.29, 1.82) is 0 Å². The number of hydrogen-bond donors (Lipinski definition) is 2. The summed E-state index contributed by atoms with van der Waals surface area (Å²) >= 11 is 0. The summed E-state index contributed by atoms with van der Waals surface area (Å²) in [7, 11) is 0. The lowest BCUT2D eigenvalue weighted by Gasteiger charge is -2.25. The Morgan fingerprint density at radius 3 is 2.06 bits per heavy atom. The number of amides is 1. The molecule has 0 aliphatic heterocycles. The number of rotatable bonds is 4. The summed E-state index contributed by atoms with van der Waals surface area (Å²) in [6.45, 7) is 3.39. The van der Waals surface area contributed by atoms with Gasteiger partial charge in [-0.3, -0.25) is 4.79 Å². The van der Waals surface area contributed by atoms with Crippen LogP contribution < -0.4 is 11.1 Å². The van der Waals surface area contributed by atoms with Crippen molar-refractivity contribution >= 4 is 11.6 Å². The third-order valence-electron chi connectivity index (χ3n) is 2.96. The molecule has 1 rings (SSSR count). The number of anilines is 1. The van der Waals surface area contributed by atoms with Gasteiger partial charge in [0.1, 0.15) is 11.5 Å². The largest absolute Gasteiger partial charge is 0.320 e. The molecular formula is C12H15F3N2O. The predicted octanol–water partition coefficient (Wildman–Crippen LogP) is 2.56. The van der Waals surface area contributed by atoms with Crippen LogP contribution >= 0.6 is 0 Å². The minimum atomic E-state index is -1.20. The molecule has 6 heteroatoms. The Hall–Kier alpha value is -1.56. The summed E-state index contributed by atoms with van der Waals surface area (Å²) < 4.78 is 39.4. The van der Waals surface area contributed by atoms with Crippen LogP contribution in [0.5, 0.6) is 0 Å². The van der Waals surface area contributed by atoms with E-state index in [4.69, 9.17) is 5.73 Å². The fourth-order valence-electron chi connectivity index (χ4n) is 1.47. The summed E-state index contributed by atoms with van der Waals surface area (Å²) in [6, 6.07) is 0.990. The Bertz CT molecular complexity index is 436. The molecule has 3 N–H and O–H groups in total. The lowest BCUT2D eigenvalue weighted by Crippen LogP contribution is -2.50. The standard InChI is InChI=1S/C12H15F3N2O/c1-3-12(16,4-2)11(18)17-10-8(14)5-7(13)6-9(10)15/h5-6H,3-4,16H2,1-2H3,(H,17,18). The highest BCUT2D eigenvalue weighted by Gasteiger charge is 2.31. The molecule has 1 amide bonds. The van der Waals surface area contributed by atoms with Crippen molar-refractivity contribution in [3.63, 3.8) is 0 Å². The maximum atomic E-state index is 13.3. The molecule has 0 aliphatic carbocycles. The first kappa shape index (κ1) is 14.5. The second kappa shape index (κ2) is 5.39. The van der Waals surface area contributed by atoms with Crippen molar-refractivity contribution in [3.8, 4) is 0 Å². The van der Waals surface area contributed by atoms with Crippen molar-refractivity contribution in [2.24, 2.45) is 5.73 Å². The fourth-order valence-corrected chi connectivity index (χ4v) is 1.47. The molecule has 3 nitrogen and oxygen atoms in total. The van der Waals surface area contributed by atoms with E-state index in [-0.39, 0.29) is 0 Å². The summed E-state index contributed by atoms with van der Waals surface area (Å²) in [5.41, 5.74) is 3.90. The van der Waals surface area contributed by atoms with Crippen molar-refractivity contribution in [2.75, 3.05) is 5.32 Å². The molecule has 0 heterocycles. The Balaban J connectivity index is 3.02. The maximum absolute atomic E-state index is 13.3. The van der Waals surface area contributed by atoms with Crippen LogP contribution in [0.1, 0.15) is 26.7 Å². The molecule has 0 fully saturated rings. The summed E-state index contributed by atoms with van der Waals surface area (Å²) in [5.74, 6) is -4.09. The molecule has 100 valence electrons. The number of carbonyl (C=O) groups excluding carboxylic acids is 1. The summed E-state index contributed by atoms with van der Waals surface area (Å²) in [5, 5.41) is 2.07. The zero-order valence-electron chi connectivity index (χ0n) is 10.2. The third-order valence-corrected chi connectivity index (χ3v) is 2.96. The zero-order valence-corrected chi connectivity index (χ0v) is 10.2.